The number of amides is 3. The first-order valence-electron chi connectivity index (χ1n) is 16.9. The van der Waals surface area contributed by atoms with Crippen LogP contribution < -0.4 is 19.5 Å². The minimum absolute atomic E-state index is 0.0425. The van der Waals surface area contributed by atoms with E-state index in [0.29, 0.717) is 80.9 Å². The monoisotopic (exact) mass is 658 g/mol. The summed E-state index contributed by atoms with van der Waals surface area (Å²) in [6, 6.07) is 9.33. The Labute approximate surface area is 281 Å². The predicted octanol–water partition coefficient (Wildman–Crippen LogP) is 3.59. The lowest BCUT2D eigenvalue weighted by Gasteiger charge is -2.32. The highest BCUT2D eigenvalue weighted by atomic mass is 16.5. The summed E-state index contributed by atoms with van der Waals surface area (Å²) in [5.74, 6) is 1.61. The zero-order valence-electron chi connectivity index (χ0n) is 28.2. The molecule has 12 nitrogen and oxygen atoms in total. The molecule has 0 aliphatic carbocycles. The van der Waals surface area contributed by atoms with E-state index in [2.05, 4.69) is 22.2 Å². The van der Waals surface area contributed by atoms with Crippen molar-refractivity contribution >= 4 is 17.7 Å². The molecule has 1 atom stereocenters. The third kappa shape index (κ3) is 7.43. The molecule has 12 heteroatoms. The van der Waals surface area contributed by atoms with Crippen LogP contribution in [-0.4, -0.2) is 109 Å². The number of likely N-dealkylation sites (tertiary alicyclic amines) is 1. The first-order valence-corrected chi connectivity index (χ1v) is 16.9. The number of nitrogens with zero attached hydrogens (tertiary/aromatic N) is 5. The Kier molecular flexibility index (Phi) is 10.5. The predicted molar refractivity (Wildman–Crippen MR) is 180 cm³/mol. The van der Waals surface area contributed by atoms with E-state index in [1.165, 1.54) is 0 Å². The first kappa shape index (κ1) is 33.3. The fourth-order valence-electron chi connectivity index (χ4n) is 6.84. The molecule has 3 aliphatic rings. The molecule has 256 valence electrons. The molecule has 3 amide bonds. The number of piperidine rings is 1. The molecule has 1 aromatic heterocycles. The first-order chi connectivity index (χ1) is 23.3. The molecule has 1 saturated heterocycles. The molecule has 6 rings (SSSR count). The number of ether oxygens (including phenoxy) is 3. The molecule has 0 radical (unpaired) electrons. The Morgan fingerprint density at radius 3 is 2.58 bits per heavy atom. The molecule has 4 heterocycles. The van der Waals surface area contributed by atoms with Gasteiger partial charge in [0.15, 0.2) is 11.5 Å². The van der Waals surface area contributed by atoms with Crippen LogP contribution in [0.1, 0.15) is 58.5 Å². The number of rotatable bonds is 3. The van der Waals surface area contributed by atoms with Crippen molar-refractivity contribution < 1.29 is 28.6 Å². The second-order valence-electron chi connectivity index (χ2n) is 12.9. The zero-order valence-corrected chi connectivity index (χ0v) is 28.2. The van der Waals surface area contributed by atoms with Crippen molar-refractivity contribution in [2.45, 2.75) is 38.6 Å². The highest BCUT2D eigenvalue weighted by Gasteiger charge is 2.31. The number of fused-ring (bicyclic) bond motifs is 7. The third-order valence-electron chi connectivity index (χ3n) is 9.45. The van der Waals surface area contributed by atoms with Crippen molar-refractivity contribution in [2.75, 3.05) is 66.6 Å². The van der Waals surface area contributed by atoms with Crippen molar-refractivity contribution in [3.63, 3.8) is 0 Å². The van der Waals surface area contributed by atoms with Gasteiger partial charge in [-0.25, -0.2) is 4.98 Å². The molecule has 1 N–H and O–H groups in total. The molecule has 0 spiro atoms. The van der Waals surface area contributed by atoms with Crippen LogP contribution in [-0.2, 0) is 18.4 Å². The highest BCUT2D eigenvalue weighted by Crippen LogP contribution is 2.41. The Bertz CT molecular complexity index is 1640. The fraction of sp³-hybridized carbons (Fsp3) is 0.500. The minimum atomic E-state index is -0.185. The van der Waals surface area contributed by atoms with Crippen LogP contribution in [0.4, 0.5) is 0 Å². The maximum absolute atomic E-state index is 13.8. The SMILES string of the molecule is COc1ccc2cc1-c1cc3c(c(c1)OCCCN(C(=O)c1cncn1C)CCCCNC2=O)OCCN(C(=O)C1CCCN(C)C1)C3. The largest absolute Gasteiger partial charge is 0.496 e. The zero-order chi connectivity index (χ0) is 33.6. The van der Waals surface area contributed by atoms with Gasteiger partial charge in [0.2, 0.25) is 5.91 Å². The van der Waals surface area contributed by atoms with Gasteiger partial charge >= 0.3 is 0 Å². The maximum atomic E-state index is 13.8. The topological polar surface area (TPSA) is 118 Å². The number of imidazole rings is 1. The Morgan fingerprint density at radius 2 is 1.79 bits per heavy atom. The van der Waals surface area contributed by atoms with E-state index in [9.17, 15) is 14.4 Å². The Morgan fingerprint density at radius 1 is 0.938 bits per heavy atom. The number of aryl methyl sites for hydroxylation is 1. The standard InChI is InChI=1S/C36H46N6O6/c1-39-12-6-8-26(22-39)35(44)42-15-17-48-33-28(23-42)18-27-20-32(33)47-16-7-14-41(36(45)30-21-37-24-40(30)2)13-5-4-11-38-34(43)25-9-10-31(46-3)29(27)19-25/h9-10,18-21,24,26H,4-8,11-17,22-23H2,1-3H3,(H,38,43). The van der Waals surface area contributed by atoms with Gasteiger partial charge in [-0.3, -0.25) is 14.4 Å². The number of hydrogen-bond acceptors (Lipinski definition) is 8. The second kappa shape index (κ2) is 15.1. The fourth-order valence-corrected chi connectivity index (χ4v) is 6.84. The average Bonchev–Trinajstić information content (AvgIpc) is 3.40. The molecule has 4 bridgehead atoms. The lowest BCUT2D eigenvalue weighted by Crippen LogP contribution is -2.44. The summed E-state index contributed by atoms with van der Waals surface area (Å²) in [6.07, 6.45) is 7.14. The molecule has 0 saturated carbocycles. The number of carbonyl (C=O) groups is 3. The van der Waals surface area contributed by atoms with Crippen molar-refractivity contribution in [3.05, 3.63) is 59.7 Å². The van der Waals surface area contributed by atoms with E-state index in [1.807, 2.05) is 35.0 Å². The molecule has 3 aromatic rings. The second-order valence-corrected chi connectivity index (χ2v) is 12.9. The number of nitrogens with one attached hydrogen (secondary N) is 1. The molecule has 1 fully saturated rings. The van der Waals surface area contributed by atoms with E-state index >= 15 is 0 Å². The van der Waals surface area contributed by atoms with E-state index in [0.717, 1.165) is 55.5 Å². The summed E-state index contributed by atoms with van der Waals surface area (Å²) in [5.41, 5.74) is 3.40. The molecule has 1 unspecified atom stereocenters. The summed E-state index contributed by atoms with van der Waals surface area (Å²) in [6.45, 7) is 4.84. The smallest absolute Gasteiger partial charge is 0.272 e. The van der Waals surface area contributed by atoms with Crippen LogP contribution in [0, 0.1) is 5.92 Å². The van der Waals surface area contributed by atoms with Gasteiger partial charge in [-0.1, -0.05) is 0 Å². The molecular weight excluding hydrogens is 612 g/mol. The summed E-state index contributed by atoms with van der Waals surface area (Å²) in [7, 11) is 5.48. The van der Waals surface area contributed by atoms with Crippen molar-refractivity contribution in [3.8, 4) is 28.4 Å². The molecular formula is C36H46N6O6. The number of methoxy groups -OCH3 is 1. The minimum Gasteiger partial charge on any atom is -0.496 e. The number of carbonyl (C=O) groups excluding carboxylic acids is 3. The average molecular weight is 659 g/mol. The normalized spacial score (nSPS) is 19.6. The van der Waals surface area contributed by atoms with Crippen LogP contribution in [0.25, 0.3) is 11.1 Å². The van der Waals surface area contributed by atoms with Gasteiger partial charge in [-0.2, -0.15) is 0 Å². The summed E-state index contributed by atoms with van der Waals surface area (Å²) in [5, 5.41) is 3.03. The lowest BCUT2D eigenvalue weighted by atomic mass is 9.96. The van der Waals surface area contributed by atoms with Crippen molar-refractivity contribution in [1.82, 2.24) is 29.6 Å². The molecule has 2 aromatic carbocycles. The Hall–Kier alpha value is -4.58. The van der Waals surface area contributed by atoms with Gasteiger partial charge in [0.1, 0.15) is 18.1 Å². The van der Waals surface area contributed by atoms with Crippen LogP contribution in [0.2, 0.25) is 0 Å². The van der Waals surface area contributed by atoms with Crippen LogP contribution in [0.3, 0.4) is 0 Å². The highest BCUT2D eigenvalue weighted by molar-refractivity contribution is 5.96. The summed E-state index contributed by atoms with van der Waals surface area (Å²) < 4.78 is 20.3. The van der Waals surface area contributed by atoms with E-state index in [-0.39, 0.29) is 23.6 Å². The van der Waals surface area contributed by atoms with Gasteiger partial charge in [0.25, 0.3) is 11.8 Å². The van der Waals surface area contributed by atoms with Gasteiger partial charge in [-0.15, -0.1) is 0 Å². The van der Waals surface area contributed by atoms with Crippen LogP contribution >= 0.6 is 0 Å². The van der Waals surface area contributed by atoms with Gasteiger partial charge in [-0.05, 0) is 81.6 Å². The number of benzene rings is 2. The van der Waals surface area contributed by atoms with E-state index < -0.39 is 0 Å². The maximum Gasteiger partial charge on any atom is 0.272 e. The summed E-state index contributed by atoms with van der Waals surface area (Å²) >= 11 is 0. The number of aromatic nitrogens is 2. The van der Waals surface area contributed by atoms with E-state index in [1.54, 1.807) is 36.3 Å². The van der Waals surface area contributed by atoms with Crippen LogP contribution in [0.5, 0.6) is 17.2 Å². The lowest BCUT2D eigenvalue weighted by molar-refractivity contribution is -0.138. The van der Waals surface area contributed by atoms with Gasteiger partial charge < -0.3 is 38.8 Å². The van der Waals surface area contributed by atoms with Crippen LogP contribution in [0.15, 0.2) is 42.9 Å². The molecule has 48 heavy (non-hydrogen) atoms. The third-order valence-corrected chi connectivity index (χ3v) is 9.45. The summed E-state index contributed by atoms with van der Waals surface area (Å²) in [4.78, 5) is 50.6. The van der Waals surface area contributed by atoms with Gasteiger partial charge in [0.05, 0.1) is 38.7 Å². The van der Waals surface area contributed by atoms with Gasteiger partial charge in [0, 0.05) is 56.5 Å². The quantitative estimate of drug-likeness (QED) is 0.454. The molecule has 3 aliphatic heterocycles. The van der Waals surface area contributed by atoms with E-state index in [4.69, 9.17) is 14.2 Å². The van der Waals surface area contributed by atoms with Crippen molar-refractivity contribution in [1.29, 1.82) is 0 Å². The number of hydrogen-bond donors (Lipinski definition) is 1. The van der Waals surface area contributed by atoms with Crippen molar-refractivity contribution in [2.24, 2.45) is 13.0 Å². The Balaban J connectivity index is 1.33.